The minimum atomic E-state index is -0.698. The number of aliphatic hydroxyl groups excluding tert-OH is 1. The number of carbonyl (C=O) groups excluding carboxylic acids is 3. The highest BCUT2D eigenvalue weighted by Gasteiger charge is 2.74. The number of likely N-dealkylation sites (tertiary alicyclic amines) is 1. The van der Waals surface area contributed by atoms with Crippen molar-refractivity contribution < 1.29 is 24.2 Å². The summed E-state index contributed by atoms with van der Waals surface area (Å²) in [5.74, 6) is -1.81. The predicted octanol–water partition coefficient (Wildman–Crippen LogP) is 4.23. The number of benzene rings is 1. The third kappa shape index (κ3) is 5.20. The lowest BCUT2D eigenvalue weighted by atomic mass is 9.71. The smallest absolute Gasteiger partial charge is 0.310 e. The Labute approximate surface area is 227 Å². The second-order valence-corrected chi connectivity index (χ2v) is 11.9. The molecule has 0 aromatic heterocycles. The molecule has 4 rings (SSSR count). The number of hydrogen-bond acceptors (Lipinski definition) is 6. The molecular weight excluding hydrogens is 512 g/mol. The Bertz CT molecular complexity index is 1030. The molecule has 7 nitrogen and oxygen atoms in total. The first-order chi connectivity index (χ1) is 17.9. The van der Waals surface area contributed by atoms with Crippen molar-refractivity contribution in [2.24, 2.45) is 11.8 Å². The van der Waals surface area contributed by atoms with E-state index in [0.717, 1.165) is 12.8 Å². The maximum atomic E-state index is 14.3. The molecule has 1 N–H and O–H groups in total. The molecule has 3 heterocycles. The summed E-state index contributed by atoms with van der Waals surface area (Å²) in [6.07, 6.45) is 7.43. The quantitative estimate of drug-likeness (QED) is 0.226. The second kappa shape index (κ2) is 12.0. The second-order valence-electron chi connectivity index (χ2n) is 9.83. The minimum absolute atomic E-state index is 0.0413. The van der Waals surface area contributed by atoms with E-state index in [2.05, 4.69) is 13.2 Å². The highest BCUT2D eigenvalue weighted by Crippen LogP contribution is 2.66. The van der Waals surface area contributed by atoms with Gasteiger partial charge < -0.3 is 19.6 Å². The molecule has 0 radical (unpaired) electrons. The highest BCUT2D eigenvalue weighted by molar-refractivity contribution is 8.02. The number of amides is 2. The molecule has 3 aliphatic rings. The first-order valence-corrected chi connectivity index (χ1v) is 14.2. The lowest BCUT2D eigenvalue weighted by Gasteiger charge is -2.37. The summed E-state index contributed by atoms with van der Waals surface area (Å²) in [6.45, 7) is 8.52. The van der Waals surface area contributed by atoms with Crippen molar-refractivity contribution in [2.45, 2.75) is 54.6 Å². The van der Waals surface area contributed by atoms with Crippen molar-refractivity contribution in [3.05, 3.63) is 54.6 Å². The number of carbonyl (C=O) groups is 3. The molecule has 1 spiro atoms. The fourth-order valence-electron chi connectivity index (χ4n) is 6.07. The zero-order chi connectivity index (χ0) is 26.6. The molecule has 9 heteroatoms. The molecule has 5 atom stereocenters. The van der Waals surface area contributed by atoms with Crippen LogP contribution in [0.1, 0.15) is 38.5 Å². The van der Waals surface area contributed by atoms with E-state index in [1.54, 1.807) is 58.0 Å². The zero-order valence-electron chi connectivity index (χ0n) is 21.0. The molecule has 0 aliphatic carbocycles. The van der Waals surface area contributed by atoms with Crippen LogP contribution in [0.3, 0.4) is 0 Å². The predicted molar refractivity (Wildman–Crippen MR) is 147 cm³/mol. The number of thioether (sulfide) groups is 1. The Kier molecular flexibility index (Phi) is 9.03. The zero-order valence-corrected chi connectivity index (χ0v) is 22.6. The summed E-state index contributed by atoms with van der Waals surface area (Å²) < 4.78 is 4.86. The topological polar surface area (TPSA) is 87.2 Å². The molecule has 2 unspecified atom stereocenters. The Morgan fingerprint density at radius 2 is 1.97 bits per heavy atom. The van der Waals surface area contributed by atoms with Crippen LogP contribution in [0.15, 0.2) is 49.6 Å². The normalized spacial score (nSPS) is 27.7. The van der Waals surface area contributed by atoms with Crippen molar-refractivity contribution in [2.75, 3.05) is 31.2 Å². The maximum Gasteiger partial charge on any atom is 0.310 e. The van der Waals surface area contributed by atoms with Crippen LogP contribution in [0.4, 0.5) is 5.69 Å². The number of hydrogen-bond donors (Lipinski definition) is 1. The maximum absolute atomic E-state index is 14.3. The van der Waals surface area contributed by atoms with Crippen LogP contribution < -0.4 is 4.90 Å². The van der Waals surface area contributed by atoms with Gasteiger partial charge in [-0.1, -0.05) is 23.8 Å². The number of esters is 1. The standard InChI is InChI=1S/C28H35ClN2O5S/c1-3-5-18-36-27(35)22-21-13-14-28(37-21)23(22)25(33)31(16-7-6-8-17-32)24(28)26(34)30(15-4-2)20-11-9-19(29)10-12-20/h3-4,9-12,21-24,32H,1-2,5-8,13-18H2/t21-,22+,23-,24?,28?/m0/s1. The molecular formula is C28H35ClN2O5S. The number of fused-ring (bicyclic) bond motifs is 1. The van der Waals surface area contributed by atoms with Gasteiger partial charge >= 0.3 is 5.97 Å². The van der Waals surface area contributed by atoms with E-state index >= 15 is 0 Å². The summed E-state index contributed by atoms with van der Waals surface area (Å²) in [5.41, 5.74) is 0.680. The van der Waals surface area contributed by atoms with Gasteiger partial charge in [0.25, 0.3) is 5.91 Å². The van der Waals surface area contributed by atoms with Gasteiger partial charge in [0.15, 0.2) is 0 Å². The third-order valence-electron chi connectivity index (χ3n) is 7.65. The van der Waals surface area contributed by atoms with E-state index in [4.69, 9.17) is 16.3 Å². The Morgan fingerprint density at radius 3 is 2.65 bits per heavy atom. The van der Waals surface area contributed by atoms with Crippen LogP contribution in [0.2, 0.25) is 5.02 Å². The molecule has 3 aliphatic heterocycles. The van der Waals surface area contributed by atoms with Gasteiger partial charge in [-0.3, -0.25) is 14.4 Å². The minimum Gasteiger partial charge on any atom is -0.465 e. The average Bonchev–Trinajstić information content (AvgIpc) is 3.53. The van der Waals surface area contributed by atoms with Crippen molar-refractivity contribution in [3.63, 3.8) is 0 Å². The van der Waals surface area contributed by atoms with E-state index in [1.807, 2.05) is 0 Å². The molecule has 0 saturated carbocycles. The van der Waals surface area contributed by atoms with Crippen LogP contribution in [0.25, 0.3) is 0 Å². The van der Waals surface area contributed by atoms with Crippen LogP contribution in [-0.4, -0.2) is 70.1 Å². The van der Waals surface area contributed by atoms with E-state index in [1.165, 1.54) is 0 Å². The number of halogens is 1. The molecule has 2 bridgehead atoms. The molecule has 2 amide bonds. The average molecular weight is 547 g/mol. The van der Waals surface area contributed by atoms with Gasteiger partial charge in [-0.15, -0.1) is 24.9 Å². The van der Waals surface area contributed by atoms with Gasteiger partial charge in [0.2, 0.25) is 5.91 Å². The van der Waals surface area contributed by atoms with E-state index in [-0.39, 0.29) is 42.8 Å². The van der Waals surface area contributed by atoms with Crippen LogP contribution in [0, 0.1) is 11.8 Å². The first-order valence-electron chi connectivity index (χ1n) is 12.9. The highest BCUT2D eigenvalue weighted by atomic mass is 35.5. The number of anilines is 1. The number of nitrogens with zero attached hydrogens (tertiary/aromatic N) is 2. The lowest BCUT2D eigenvalue weighted by molar-refractivity contribution is -0.154. The van der Waals surface area contributed by atoms with Crippen molar-refractivity contribution in [3.8, 4) is 0 Å². The molecule has 3 saturated heterocycles. The largest absolute Gasteiger partial charge is 0.465 e. The fourth-order valence-corrected chi connectivity index (χ4v) is 8.40. The Balaban J connectivity index is 1.69. The summed E-state index contributed by atoms with van der Waals surface area (Å²) in [5, 5.41) is 9.73. The molecule has 1 aromatic carbocycles. The van der Waals surface area contributed by atoms with Crippen molar-refractivity contribution in [1.29, 1.82) is 0 Å². The molecule has 200 valence electrons. The van der Waals surface area contributed by atoms with Gasteiger partial charge in [-0.2, -0.15) is 0 Å². The first kappa shape index (κ1) is 27.7. The van der Waals surface area contributed by atoms with Gasteiger partial charge in [0, 0.05) is 35.7 Å². The van der Waals surface area contributed by atoms with Crippen molar-refractivity contribution in [1.82, 2.24) is 4.90 Å². The van der Waals surface area contributed by atoms with Gasteiger partial charge in [0.1, 0.15) is 6.04 Å². The fraction of sp³-hybridized carbons (Fsp3) is 0.536. The number of aliphatic hydroxyl groups is 1. The SMILES string of the molecule is C=CCCOC(=O)[C@@H]1[C@@H]2CCC3(S2)C(C(=O)N(CC=C)c2ccc(Cl)cc2)N(CCCCCO)C(=O)[C@H]13. The molecule has 1 aromatic rings. The van der Waals surface area contributed by atoms with Crippen LogP contribution in [-0.2, 0) is 19.1 Å². The van der Waals surface area contributed by atoms with Gasteiger partial charge in [0.05, 0.1) is 23.2 Å². The van der Waals surface area contributed by atoms with Gasteiger partial charge in [-0.05, 0) is 62.8 Å². The summed E-state index contributed by atoms with van der Waals surface area (Å²) >= 11 is 7.72. The summed E-state index contributed by atoms with van der Waals surface area (Å²) in [4.78, 5) is 44.9. The van der Waals surface area contributed by atoms with Crippen LogP contribution in [0.5, 0.6) is 0 Å². The van der Waals surface area contributed by atoms with Crippen LogP contribution >= 0.6 is 23.4 Å². The summed E-state index contributed by atoms with van der Waals surface area (Å²) in [6, 6.07) is 6.36. The van der Waals surface area contributed by atoms with E-state index in [0.29, 0.717) is 42.9 Å². The third-order valence-corrected chi connectivity index (χ3v) is 9.85. The number of rotatable bonds is 13. The van der Waals surface area contributed by atoms with Gasteiger partial charge in [-0.25, -0.2) is 0 Å². The molecule has 37 heavy (non-hydrogen) atoms. The van der Waals surface area contributed by atoms with E-state index in [9.17, 15) is 19.5 Å². The van der Waals surface area contributed by atoms with Crippen molar-refractivity contribution >= 4 is 46.8 Å². The Hall–Kier alpha value is -2.29. The molecule has 3 fully saturated rings. The summed E-state index contributed by atoms with van der Waals surface area (Å²) in [7, 11) is 0. The van der Waals surface area contributed by atoms with E-state index < -0.39 is 22.6 Å². The number of unbranched alkanes of at least 4 members (excludes halogenated alkanes) is 2. The number of ether oxygens (including phenoxy) is 1. The lowest BCUT2D eigenvalue weighted by Crippen LogP contribution is -2.55. The monoisotopic (exact) mass is 546 g/mol. The Morgan fingerprint density at radius 1 is 1.22 bits per heavy atom.